The Hall–Kier alpha value is -4.14. The van der Waals surface area contributed by atoms with Gasteiger partial charge in [0.1, 0.15) is 11.5 Å². The summed E-state index contributed by atoms with van der Waals surface area (Å²) < 4.78 is 1.92. The summed E-state index contributed by atoms with van der Waals surface area (Å²) in [6, 6.07) is 9.53. The van der Waals surface area contributed by atoms with Crippen molar-refractivity contribution >= 4 is 33.8 Å². The summed E-state index contributed by atoms with van der Waals surface area (Å²) in [6.07, 6.45) is 5.16. The van der Waals surface area contributed by atoms with Crippen LogP contribution in [0.15, 0.2) is 49.1 Å². The number of amides is 1. The number of hydrogen-bond donors (Lipinski definition) is 2. The lowest BCUT2D eigenvalue weighted by molar-refractivity contribution is -0.123. The number of aromatic amines is 1. The fourth-order valence-electron chi connectivity index (χ4n) is 3.42. The van der Waals surface area contributed by atoms with Crippen molar-refractivity contribution in [3.05, 3.63) is 54.7 Å². The van der Waals surface area contributed by atoms with Crippen LogP contribution < -0.4 is 5.32 Å². The fourth-order valence-corrected chi connectivity index (χ4v) is 3.42. The number of imidazole rings is 1. The summed E-state index contributed by atoms with van der Waals surface area (Å²) in [5, 5.41) is 3.75. The zero-order chi connectivity index (χ0) is 22.5. The molecule has 0 aromatic carbocycles. The summed E-state index contributed by atoms with van der Waals surface area (Å²) in [7, 11) is 0. The minimum Gasteiger partial charge on any atom is -0.329 e. The van der Waals surface area contributed by atoms with E-state index < -0.39 is 5.41 Å². The lowest BCUT2D eigenvalue weighted by Crippen LogP contribution is -2.28. The Bertz CT molecular complexity index is 1470. The number of H-pyrrole nitrogens is 1. The molecule has 0 aliphatic carbocycles. The number of aryl methyl sites for hydroxylation is 1. The van der Waals surface area contributed by atoms with Crippen LogP contribution in [-0.2, 0) is 4.79 Å². The minimum atomic E-state index is -0.532. The monoisotopic (exact) mass is 426 g/mol. The molecule has 0 saturated heterocycles. The van der Waals surface area contributed by atoms with Gasteiger partial charge in [-0.3, -0.25) is 9.36 Å². The Kier molecular flexibility index (Phi) is 4.47. The van der Waals surface area contributed by atoms with E-state index in [-0.39, 0.29) is 5.91 Å². The number of nitrogens with one attached hydrogen (secondary N) is 2. The van der Waals surface area contributed by atoms with Crippen LogP contribution in [0.5, 0.6) is 0 Å². The highest BCUT2D eigenvalue weighted by Crippen LogP contribution is 2.29. The number of carbonyl (C=O) groups is 1. The van der Waals surface area contributed by atoms with Gasteiger partial charge in [-0.2, -0.15) is 0 Å². The SMILES string of the molecule is Cc1cccc(-c2nc(-n3ccc4c(NC(=O)C(C)(C)C)nccc43)c3nc[nH]c3n2)n1. The van der Waals surface area contributed by atoms with E-state index in [0.29, 0.717) is 34.3 Å². The van der Waals surface area contributed by atoms with Gasteiger partial charge in [0.2, 0.25) is 5.91 Å². The molecule has 0 unspecified atom stereocenters. The normalized spacial score (nSPS) is 11.9. The summed E-state index contributed by atoms with van der Waals surface area (Å²) in [5.41, 5.74) is 3.13. The average Bonchev–Trinajstić information content (AvgIpc) is 3.40. The summed E-state index contributed by atoms with van der Waals surface area (Å²) in [4.78, 5) is 38.4. The predicted molar refractivity (Wildman–Crippen MR) is 122 cm³/mol. The lowest BCUT2D eigenvalue weighted by Gasteiger charge is -2.17. The maximum Gasteiger partial charge on any atom is 0.230 e. The quantitative estimate of drug-likeness (QED) is 0.450. The Labute approximate surface area is 184 Å². The van der Waals surface area contributed by atoms with Gasteiger partial charge in [0.25, 0.3) is 0 Å². The van der Waals surface area contributed by atoms with E-state index in [2.05, 4.69) is 30.2 Å². The average molecular weight is 426 g/mol. The third kappa shape index (κ3) is 3.37. The standard InChI is InChI=1S/C23H22N8O/c1-13-6-5-7-15(27-13)19-28-20-17(25-12-26-20)21(29-19)31-11-9-14-16(31)8-10-24-18(14)30-22(32)23(2,3)4/h5-12H,1-4H3,(H,24,30,32)(H,25,26,28,29). The van der Waals surface area contributed by atoms with Crippen LogP contribution in [-0.4, -0.2) is 40.4 Å². The smallest absolute Gasteiger partial charge is 0.230 e. The van der Waals surface area contributed by atoms with Crippen molar-refractivity contribution < 1.29 is 4.79 Å². The molecule has 0 aliphatic rings. The van der Waals surface area contributed by atoms with Gasteiger partial charge in [-0.1, -0.05) is 26.8 Å². The van der Waals surface area contributed by atoms with Crippen LogP contribution in [0.4, 0.5) is 5.82 Å². The molecule has 0 aliphatic heterocycles. The van der Waals surface area contributed by atoms with E-state index >= 15 is 0 Å². The number of rotatable bonds is 3. The van der Waals surface area contributed by atoms with Crippen LogP contribution in [0, 0.1) is 12.3 Å². The van der Waals surface area contributed by atoms with Gasteiger partial charge in [-0.25, -0.2) is 24.9 Å². The van der Waals surface area contributed by atoms with Crippen LogP contribution in [0.25, 0.3) is 39.4 Å². The molecule has 5 heterocycles. The van der Waals surface area contributed by atoms with Gasteiger partial charge >= 0.3 is 0 Å². The highest BCUT2D eigenvalue weighted by molar-refractivity contribution is 6.02. The third-order valence-corrected chi connectivity index (χ3v) is 5.14. The van der Waals surface area contributed by atoms with Crippen molar-refractivity contribution in [2.75, 3.05) is 5.32 Å². The summed E-state index contributed by atoms with van der Waals surface area (Å²) in [6.45, 7) is 7.52. The Balaban J connectivity index is 1.68. The third-order valence-electron chi connectivity index (χ3n) is 5.14. The maximum atomic E-state index is 12.5. The largest absolute Gasteiger partial charge is 0.329 e. The van der Waals surface area contributed by atoms with E-state index in [1.165, 1.54) is 0 Å². The van der Waals surface area contributed by atoms with Crippen molar-refractivity contribution in [3.8, 4) is 17.3 Å². The predicted octanol–water partition coefficient (Wildman–Crippen LogP) is 4.05. The molecule has 0 radical (unpaired) electrons. The molecular formula is C23H22N8O. The molecular weight excluding hydrogens is 404 g/mol. The van der Waals surface area contributed by atoms with Crippen molar-refractivity contribution in [1.82, 2.24) is 34.5 Å². The summed E-state index contributed by atoms with van der Waals surface area (Å²) in [5.74, 6) is 1.52. The second kappa shape index (κ2) is 7.23. The van der Waals surface area contributed by atoms with Gasteiger partial charge in [0.15, 0.2) is 22.8 Å². The van der Waals surface area contributed by atoms with Crippen LogP contribution in [0.3, 0.4) is 0 Å². The Morgan fingerprint density at radius 1 is 1.06 bits per heavy atom. The van der Waals surface area contributed by atoms with Crippen molar-refractivity contribution in [2.24, 2.45) is 5.41 Å². The van der Waals surface area contributed by atoms with Crippen molar-refractivity contribution in [3.63, 3.8) is 0 Å². The molecule has 0 saturated carbocycles. The first kappa shape index (κ1) is 19.8. The van der Waals surface area contributed by atoms with E-state index in [4.69, 9.17) is 4.98 Å². The van der Waals surface area contributed by atoms with Gasteiger partial charge in [-0.05, 0) is 31.2 Å². The molecule has 9 nitrogen and oxygen atoms in total. The molecule has 5 rings (SSSR count). The first-order chi connectivity index (χ1) is 15.3. The number of carbonyl (C=O) groups excluding carboxylic acids is 1. The molecule has 160 valence electrons. The topological polar surface area (TPSA) is 114 Å². The molecule has 0 atom stereocenters. The molecule has 32 heavy (non-hydrogen) atoms. The fraction of sp³-hybridized carbons (Fsp3) is 0.217. The first-order valence-electron chi connectivity index (χ1n) is 10.2. The molecule has 0 fully saturated rings. The maximum absolute atomic E-state index is 12.5. The zero-order valence-electron chi connectivity index (χ0n) is 18.2. The highest BCUT2D eigenvalue weighted by atomic mass is 16.2. The molecule has 0 bridgehead atoms. The van der Waals surface area contributed by atoms with Gasteiger partial charge in [0.05, 0.1) is 11.8 Å². The molecule has 5 aromatic rings. The highest BCUT2D eigenvalue weighted by Gasteiger charge is 2.23. The number of pyridine rings is 2. The number of aromatic nitrogens is 7. The van der Waals surface area contributed by atoms with E-state index in [0.717, 1.165) is 16.6 Å². The zero-order valence-corrected chi connectivity index (χ0v) is 18.2. The minimum absolute atomic E-state index is 0.102. The van der Waals surface area contributed by atoms with E-state index in [1.807, 2.05) is 68.8 Å². The second-order valence-electron chi connectivity index (χ2n) is 8.62. The number of hydrogen-bond acceptors (Lipinski definition) is 6. The summed E-state index contributed by atoms with van der Waals surface area (Å²) >= 11 is 0. The van der Waals surface area contributed by atoms with Crippen molar-refractivity contribution in [1.29, 1.82) is 0 Å². The second-order valence-corrected chi connectivity index (χ2v) is 8.62. The number of nitrogens with zero attached hydrogens (tertiary/aromatic N) is 6. The first-order valence-corrected chi connectivity index (χ1v) is 10.2. The van der Waals surface area contributed by atoms with Gasteiger partial charge in [-0.15, -0.1) is 0 Å². The number of fused-ring (bicyclic) bond motifs is 2. The lowest BCUT2D eigenvalue weighted by atomic mass is 9.96. The van der Waals surface area contributed by atoms with Crippen LogP contribution in [0.1, 0.15) is 26.5 Å². The Morgan fingerprint density at radius 3 is 2.69 bits per heavy atom. The van der Waals surface area contributed by atoms with E-state index in [1.54, 1.807) is 12.5 Å². The van der Waals surface area contributed by atoms with Gasteiger partial charge < -0.3 is 10.3 Å². The van der Waals surface area contributed by atoms with E-state index in [9.17, 15) is 4.79 Å². The van der Waals surface area contributed by atoms with Crippen molar-refractivity contribution in [2.45, 2.75) is 27.7 Å². The Morgan fingerprint density at radius 2 is 1.91 bits per heavy atom. The molecule has 9 heteroatoms. The van der Waals surface area contributed by atoms with Gasteiger partial charge in [0, 0.05) is 28.9 Å². The molecule has 1 amide bonds. The number of anilines is 1. The van der Waals surface area contributed by atoms with Crippen LogP contribution in [0.2, 0.25) is 0 Å². The molecule has 2 N–H and O–H groups in total. The van der Waals surface area contributed by atoms with Crippen LogP contribution >= 0.6 is 0 Å². The molecule has 5 aromatic heterocycles. The molecule has 0 spiro atoms.